The number of carbonyl (C=O) groups excluding carboxylic acids is 1. The van der Waals surface area contributed by atoms with Crippen molar-refractivity contribution in [3.8, 4) is 0 Å². The molecule has 0 spiro atoms. The highest BCUT2D eigenvalue weighted by molar-refractivity contribution is 9.10. The summed E-state index contributed by atoms with van der Waals surface area (Å²) in [6, 6.07) is 1.71. The van der Waals surface area contributed by atoms with Gasteiger partial charge in [0.1, 0.15) is 10.7 Å². The summed E-state index contributed by atoms with van der Waals surface area (Å²) < 4.78 is 41.4. The summed E-state index contributed by atoms with van der Waals surface area (Å²) >= 11 is 2.99. The smallest absolute Gasteiger partial charge is 0.262 e. The minimum absolute atomic E-state index is 0.0628. The number of likely N-dealkylation sites (N-methyl/N-ethyl adjacent to an activating group) is 1. The lowest BCUT2D eigenvalue weighted by Gasteiger charge is -2.18. The monoisotopic (exact) mass is 401 g/mol. The molecule has 1 amide bonds. The second-order valence-corrected chi connectivity index (χ2v) is 7.45. The fourth-order valence-corrected chi connectivity index (χ4v) is 3.81. The maximum absolute atomic E-state index is 13.5. The van der Waals surface area contributed by atoms with Gasteiger partial charge in [0.25, 0.3) is 15.0 Å². The highest BCUT2D eigenvalue weighted by Crippen LogP contribution is 2.30. The van der Waals surface area contributed by atoms with Crippen molar-refractivity contribution in [2.75, 3.05) is 26.8 Å². The first-order valence-corrected chi connectivity index (χ1v) is 9.05. The van der Waals surface area contributed by atoms with Gasteiger partial charge in [0.15, 0.2) is 0 Å². The summed E-state index contributed by atoms with van der Waals surface area (Å²) in [5.41, 5.74) is -0.117. The zero-order valence-electron chi connectivity index (χ0n) is 11.4. The third kappa shape index (κ3) is 4.91. The van der Waals surface area contributed by atoms with Crippen LogP contribution < -0.4 is 0 Å². The highest BCUT2D eigenvalue weighted by atomic mass is 79.9. The van der Waals surface area contributed by atoms with Crippen LogP contribution in [0.3, 0.4) is 0 Å². The van der Waals surface area contributed by atoms with Gasteiger partial charge in [-0.25, -0.2) is 12.8 Å². The zero-order valence-corrected chi connectivity index (χ0v) is 14.6. The molecule has 21 heavy (non-hydrogen) atoms. The molecule has 0 unspecified atom stereocenters. The van der Waals surface area contributed by atoms with Gasteiger partial charge < -0.3 is 9.64 Å². The van der Waals surface area contributed by atoms with Gasteiger partial charge in [0, 0.05) is 30.9 Å². The van der Waals surface area contributed by atoms with Crippen LogP contribution in [0.1, 0.15) is 17.3 Å². The van der Waals surface area contributed by atoms with E-state index in [4.69, 9.17) is 15.4 Å². The van der Waals surface area contributed by atoms with Gasteiger partial charge in [-0.05, 0) is 35.0 Å². The molecule has 0 aromatic heterocycles. The molecule has 0 N–H and O–H groups in total. The maximum atomic E-state index is 13.5. The van der Waals surface area contributed by atoms with Crippen LogP contribution in [0.4, 0.5) is 4.39 Å². The van der Waals surface area contributed by atoms with Crippen molar-refractivity contribution < 1.29 is 22.3 Å². The van der Waals surface area contributed by atoms with Crippen molar-refractivity contribution >= 4 is 41.6 Å². The average molecular weight is 403 g/mol. The average Bonchev–Trinajstić information content (AvgIpc) is 2.39. The van der Waals surface area contributed by atoms with E-state index in [1.165, 1.54) is 11.9 Å². The van der Waals surface area contributed by atoms with Crippen molar-refractivity contribution in [3.05, 3.63) is 28.0 Å². The minimum atomic E-state index is -4.17. The molecule has 0 aliphatic heterocycles. The predicted molar refractivity (Wildman–Crippen MR) is 80.6 cm³/mol. The molecule has 5 nitrogen and oxygen atoms in total. The second kappa shape index (κ2) is 7.53. The van der Waals surface area contributed by atoms with Crippen LogP contribution in [-0.2, 0) is 13.8 Å². The number of rotatable bonds is 6. The molecule has 0 bridgehead atoms. The van der Waals surface area contributed by atoms with E-state index >= 15 is 0 Å². The number of amides is 1. The summed E-state index contributed by atoms with van der Waals surface area (Å²) in [6.07, 6.45) is 0. The van der Waals surface area contributed by atoms with E-state index in [2.05, 4.69) is 15.9 Å². The summed E-state index contributed by atoms with van der Waals surface area (Å²) in [4.78, 5) is 13.1. The third-order valence-electron chi connectivity index (χ3n) is 2.62. The first kappa shape index (κ1) is 18.3. The van der Waals surface area contributed by atoms with Crippen molar-refractivity contribution in [2.45, 2.75) is 11.8 Å². The summed E-state index contributed by atoms with van der Waals surface area (Å²) in [5.74, 6) is -1.40. The lowest BCUT2D eigenvalue weighted by atomic mass is 10.2. The molecule has 1 rings (SSSR count). The molecule has 0 radical (unpaired) electrons. The Balaban J connectivity index is 3.13. The largest absolute Gasteiger partial charge is 0.380 e. The maximum Gasteiger partial charge on any atom is 0.262 e. The highest BCUT2D eigenvalue weighted by Gasteiger charge is 2.24. The van der Waals surface area contributed by atoms with Crippen LogP contribution in [-0.4, -0.2) is 46.0 Å². The molecular weight excluding hydrogens is 389 g/mol. The Morgan fingerprint density at radius 1 is 1.48 bits per heavy atom. The first-order valence-electron chi connectivity index (χ1n) is 5.95. The third-order valence-corrected chi connectivity index (χ3v) is 5.08. The molecular formula is C12H14BrClFNO4S. The van der Waals surface area contributed by atoms with Crippen LogP contribution >= 0.6 is 26.6 Å². The van der Waals surface area contributed by atoms with Crippen LogP contribution in [0.25, 0.3) is 0 Å². The molecule has 0 heterocycles. The Kier molecular flexibility index (Phi) is 6.58. The fraction of sp³-hybridized carbons (Fsp3) is 0.417. The topological polar surface area (TPSA) is 63.7 Å². The van der Waals surface area contributed by atoms with E-state index in [0.29, 0.717) is 19.8 Å². The number of hydrogen-bond acceptors (Lipinski definition) is 4. The summed E-state index contributed by atoms with van der Waals surface area (Å²) in [6.45, 7) is 2.95. The SMILES string of the molecule is CCOCCN(C)C(=O)c1cc(F)cc(S(=O)(=O)Cl)c1Br. The summed E-state index contributed by atoms with van der Waals surface area (Å²) in [7, 11) is 2.56. The Morgan fingerprint density at radius 2 is 2.10 bits per heavy atom. The number of carbonyl (C=O) groups is 1. The lowest BCUT2D eigenvalue weighted by molar-refractivity contribution is 0.0708. The van der Waals surface area contributed by atoms with Gasteiger partial charge in [0.05, 0.1) is 16.6 Å². The molecule has 0 atom stereocenters. The lowest BCUT2D eigenvalue weighted by Crippen LogP contribution is -2.30. The van der Waals surface area contributed by atoms with Gasteiger partial charge in [0.2, 0.25) is 0 Å². The van der Waals surface area contributed by atoms with E-state index in [1.54, 1.807) is 0 Å². The van der Waals surface area contributed by atoms with E-state index in [1.807, 2.05) is 6.92 Å². The van der Waals surface area contributed by atoms with Crippen molar-refractivity contribution in [2.24, 2.45) is 0 Å². The molecule has 0 saturated heterocycles. The summed E-state index contributed by atoms with van der Waals surface area (Å²) in [5, 5.41) is 0. The van der Waals surface area contributed by atoms with E-state index in [0.717, 1.165) is 12.1 Å². The number of hydrogen-bond donors (Lipinski definition) is 0. The van der Waals surface area contributed by atoms with Crippen LogP contribution in [0.5, 0.6) is 0 Å². The number of ether oxygens (including phenoxy) is 1. The molecule has 0 fully saturated rings. The molecule has 1 aromatic carbocycles. The van der Waals surface area contributed by atoms with E-state index in [9.17, 15) is 17.6 Å². The molecule has 118 valence electrons. The molecule has 0 saturated carbocycles. The molecule has 1 aromatic rings. The Morgan fingerprint density at radius 3 is 2.62 bits per heavy atom. The van der Waals surface area contributed by atoms with Gasteiger partial charge in [-0.15, -0.1) is 0 Å². The van der Waals surface area contributed by atoms with Crippen LogP contribution in [0, 0.1) is 5.82 Å². The van der Waals surface area contributed by atoms with Gasteiger partial charge in [-0.2, -0.15) is 0 Å². The Bertz CT molecular complexity index is 638. The first-order chi connectivity index (χ1) is 9.68. The van der Waals surface area contributed by atoms with Gasteiger partial charge in [-0.1, -0.05) is 0 Å². The number of halogens is 3. The normalized spacial score (nSPS) is 11.5. The van der Waals surface area contributed by atoms with Crippen LogP contribution in [0.15, 0.2) is 21.5 Å². The minimum Gasteiger partial charge on any atom is -0.380 e. The zero-order chi connectivity index (χ0) is 16.2. The molecule has 9 heteroatoms. The van der Waals surface area contributed by atoms with Crippen LogP contribution in [0.2, 0.25) is 0 Å². The predicted octanol–water partition coefficient (Wildman–Crippen LogP) is 2.62. The van der Waals surface area contributed by atoms with Crippen molar-refractivity contribution in [3.63, 3.8) is 0 Å². The Hall–Kier alpha value is -0.700. The second-order valence-electron chi connectivity index (χ2n) is 4.13. The number of benzene rings is 1. The molecule has 0 aliphatic rings. The van der Waals surface area contributed by atoms with E-state index in [-0.39, 0.29) is 10.0 Å². The van der Waals surface area contributed by atoms with E-state index < -0.39 is 25.7 Å². The van der Waals surface area contributed by atoms with Crippen molar-refractivity contribution in [1.82, 2.24) is 4.90 Å². The quantitative estimate of drug-likeness (QED) is 0.542. The number of nitrogens with zero attached hydrogens (tertiary/aromatic N) is 1. The fourth-order valence-electron chi connectivity index (χ4n) is 1.55. The van der Waals surface area contributed by atoms with Crippen molar-refractivity contribution in [1.29, 1.82) is 0 Å². The van der Waals surface area contributed by atoms with Gasteiger partial charge >= 0.3 is 0 Å². The molecule has 0 aliphatic carbocycles. The standard InChI is InChI=1S/C12H14BrClFNO4S/c1-3-20-5-4-16(2)12(17)9-6-8(15)7-10(11(9)13)21(14,18)19/h6-7H,3-5H2,1-2H3. The van der Waals surface area contributed by atoms with Gasteiger partial charge in [-0.3, -0.25) is 4.79 Å². The Labute approximate surface area is 135 Å².